The minimum Gasteiger partial charge on any atom is -0.506 e. The van der Waals surface area contributed by atoms with E-state index in [-0.39, 0.29) is 76.5 Å². The second kappa shape index (κ2) is 22.6. The first-order chi connectivity index (χ1) is 31.9. The average molecular weight is 1080 g/mol. The standard InChI is InChI=1S/C33H51N9O22P4S/c1-17-23(44)19(18(10-37-17)12-59-65(49,50)51)11-41-33(5-6-33)31(48)69-9-8-35-21(43)4-7-36-29(47)26(46)32(2,3)14-61-68(57,58)64-67(55,56)60-13-20-25(63-66(52,53)54)24(45)30(62-20)42-16-40-22-27(34)38-15-39-28(22)42/h10,15-16,20,24-26,30,41,44-46H,4-9,11-14H2,1-3H3,(H,35,43)(H,36,47)(H,55,56)(H,57,58)(H2,34,38,39)(H2,49,50,51)(H2,52,53,54). The first-order valence-electron chi connectivity index (χ1n) is 20.1. The molecule has 1 saturated carbocycles. The molecular formula is C33H51N9O22P4S. The number of nitrogens with two attached hydrogens (primary N) is 1. The predicted molar refractivity (Wildman–Crippen MR) is 233 cm³/mol. The zero-order valence-corrected chi connectivity index (χ0v) is 40.9. The number of carbonyl (C=O) groups is 3. The first kappa shape index (κ1) is 56.5. The summed E-state index contributed by atoms with van der Waals surface area (Å²) in [6.45, 7) is 1.06. The molecule has 0 spiro atoms. The van der Waals surface area contributed by atoms with Crippen LogP contribution in [0.25, 0.3) is 11.2 Å². The zero-order valence-electron chi connectivity index (χ0n) is 36.5. The van der Waals surface area contributed by atoms with Gasteiger partial charge in [0.05, 0.1) is 37.4 Å². The summed E-state index contributed by atoms with van der Waals surface area (Å²) in [6, 6.07) is 0. The Hall–Kier alpha value is -3.42. The van der Waals surface area contributed by atoms with E-state index in [0.717, 1.165) is 29.0 Å². The van der Waals surface area contributed by atoms with Crippen molar-refractivity contribution in [2.45, 2.75) is 89.4 Å². The molecule has 386 valence electrons. The van der Waals surface area contributed by atoms with Crippen molar-refractivity contribution >= 4 is 77.0 Å². The third-order valence-corrected chi connectivity index (χ3v) is 14.9. The molecule has 69 heavy (non-hydrogen) atoms. The number of rotatable bonds is 26. The fourth-order valence-corrected chi connectivity index (χ4v) is 10.5. The lowest BCUT2D eigenvalue weighted by Crippen LogP contribution is -2.46. The third-order valence-electron chi connectivity index (χ3n) is 10.3. The van der Waals surface area contributed by atoms with Crippen molar-refractivity contribution in [3.05, 3.63) is 35.7 Å². The van der Waals surface area contributed by atoms with Gasteiger partial charge in [-0.2, -0.15) is 4.31 Å². The van der Waals surface area contributed by atoms with Crippen molar-refractivity contribution in [2.75, 3.05) is 37.8 Å². The Kier molecular flexibility index (Phi) is 18.5. The van der Waals surface area contributed by atoms with E-state index >= 15 is 0 Å². The van der Waals surface area contributed by atoms with Crippen LogP contribution in [-0.4, -0.2) is 148 Å². The number of carbonyl (C=O) groups excluding carboxylic acids is 3. The number of aromatic nitrogens is 5. The Morgan fingerprint density at radius 1 is 0.986 bits per heavy atom. The minimum atomic E-state index is -5.62. The van der Waals surface area contributed by atoms with Crippen molar-refractivity contribution < 1.29 is 104 Å². The molecule has 2 fully saturated rings. The molecule has 0 radical (unpaired) electrons. The Bertz CT molecular complexity index is 2560. The number of fused-ring (bicyclic) bond motifs is 1. The van der Waals surface area contributed by atoms with Gasteiger partial charge in [-0.05, 0) is 19.8 Å². The SMILES string of the molecule is Cc1ncc(COP(=O)(O)O)c(CNC2(C(=O)SCCNC(=O)CCNC(=O)C(O)C(C)(C)COP(=O)(O)OP(=O)(O)OCC3OC(n4cnc5c(N)ncnc54)C(O)C3OP(=O)(O)O)CC2)c1O. The molecule has 31 nitrogen and oxygen atoms in total. The number of phosphoric acid groups is 4. The van der Waals surface area contributed by atoms with E-state index in [9.17, 15) is 67.5 Å². The minimum absolute atomic E-state index is 0.0110. The van der Waals surface area contributed by atoms with Crippen molar-refractivity contribution in [2.24, 2.45) is 5.41 Å². The van der Waals surface area contributed by atoms with Gasteiger partial charge in [0, 0.05) is 54.5 Å². The van der Waals surface area contributed by atoms with Gasteiger partial charge in [-0.25, -0.2) is 33.2 Å². The van der Waals surface area contributed by atoms with E-state index < -0.39 is 105 Å². The van der Waals surface area contributed by atoms with Gasteiger partial charge in [0.2, 0.25) is 16.9 Å². The summed E-state index contributed by atoms with van der Waals surface area (Å²) >= 11 is 0.935. The van der Waals surface area contributed by atoms with Crippen molar-refractivity contribution in [1.82, 2.24) is 40.5 Å². The molecule has 1 aliphatic heterocycles. The molecule has 1 aliphatic carbocycles. The number of phosphoric ester groups is 4. The van der Waals surface area contributed by atoms with E-state index in [2.05, 4.69) is 49.2 Å². The smallest absolute Gasteiger partial charge is 0.481 e. The number of pyridine rings is 1. The van der Waals surface area contributed by atoms with Crippen LogP contribution in [0.15, 0.2) is 18.9 Å². The van der Waals surface area contributed by atoms with Crippen molar-refractivity contribution in [1.29, 1.82) is 0 Å². The monoisotopic (exact) mass is 1080 g/mol. The van der Waals surface area contributed by atoms with E-state index in [1.54, 1.807) is 0 Å². The normalized spacial score (nSPS) is 21.6. The summed E-state index contributed by atoms with van der Waals surface area (Å²) in [5.74, 6) is -1.69. The third kappa shape index (κ3) is 15.8. The molecule has 4 heterocycles. The summed E-state index contributed by atoms with van der Waals surface area (Å²) in [6.07, 6.45) is -4.97. The van der Waals surface area contributed by atoms with Crippen molar-refractivity contribution in [3.63, 3.8) is 0 Å². The Labute approximate surface area is 394 Å². The number of anilines is 1. The number of aromatic hydroxyl groups is 1. The second-order valence-corrected chi connectivity index (χ2v) is 22.6. The highest BCUT2D eigenvalue weighted by molar-refractivity contribution is 8.13. The van der Waals surface area contributed by atoms with E-state index in [1.807, 2.05) is 0 Å². The summed E-state index contributed by atoms with van der Waals surface area (Å²) in [7, 11) is -21.4. The van der Waals surface area contributed by atoms with Crippen LogP contribution in [0.5, 0.6) is 5.75 Å². The van der Waals surface area contributed by atoms with Crippen LogP contribution in [0.2, 0.25) is 0 Å². The van der Waals surface area contributed by atoms with Crippen LogP contribution >= 0.6 is 43.1 Å². The molecule has 2 amide bonds. The fraction of sp³-hybridized carbons (Fsp3) is 0.606. The lowest BCUT2D eigenvalue weighted by atomic mass is 9.87. The number of hydrogen-bond acceptors (Lipinski definition) is 23. The first-order valence-corrected chi connectivity index (χ1v) is 27.1. The van der Waals surface area contributed by atoms with Crippen LogP contribution in [0, 0.1) is 12.3 Å². The average Bonchev–Trinajstić information content (AvgIpc) is 3.82. The fourth-order valence-electron chi connectivity index (χ4n) is 6.41. The number of aryl methyl sites for hydroxylation is 1. The van der Waals surface area contributed by atoms with Crippen LogP contribution in [0.4, 0.5) is 5.82 Å². The molecule has 2 aliphatic rings. The molecule has 36 heteroatoms. The van der Waals surface area contributed by atoms with E-state index in [0.29, 0.717) is 12.8 Å². The molecule has 3 aromatic heterocycles. The van der Waals surface area contributed by atoms with Gasteiger partial charge >= 0.3 is 31.3 Å². The molecular weight excluding hydrogens is 1030 g/mol. The maximum atomic E-state index is 13.0. The van der Waals surface area contributed by atoms with Gasteiger partial charge in [0.25, 0.3) is 0 Å². The molecule has 0 aromatic carbocycles. The number of nitrogen functional groups attached to an aromatic ring is 1. The molecule has 7 unspecified atom stereocenters. The molecule has 3 aromatic rings. The second-order valence-electron chi connectivity index (χ2n) is 16.1. The highest BCUT2D eigenvalue weighted by Crippen LogP contribution is 2.61. The summed E-state index contributed by atoms with van der Waals surface area (Å²) < 4.78 is 78.1. The number of ether oxygens (including phenoxy) is 1. The Balaban J connectivity index is 1.02. The number of thioether (sulfide) groups is 1. The van der Waals surface area contributed by atoms with Gasteiger partial charge in [-0.1, -0.05) is 25.6 Å². The van der Waals surface area contributed by atoms with E-state index in [4.69, 9.17) is 29.3 Å². The number of hydrogen-bond donors (Lipinski definition) is 13. The topological polar surface area (TPSA) is 476 Å². The Morgan fingerprint density at radius 2 is 1.67 bits per heavy atom. The van der Waals surface area contributed by atoms with Gasteiger partial charge in [-0.3, -0.25) is 47.3 Å². The highest BCUT2D eigenvalue weighted by atomic mass is 32.2. The summed E-state index contributed by atoms with van der Waals surface area (Å²) in [5, 5.41) is 39.9. The van der Waals surface area contributed by atoms with E-state index in [1.165, 1.54) is 27.0 Å². The largest absolute Gasteiger partial charge is 0.506 e. The lowest BCUT2D eigenvalue weighted by Gasteiger charge is -2.30. The Morgan fingerprint density at radius 3 is 2.32 bits per heavy atom. The van der Waals surface area contributed by atoms with Crippen LogP contribution < -0.4 is 21.7 Å². The number of aliphatic hydroxyl groups is 2. The van der Waals surface area contributed by atoms with Gasteiger partial charge < -0.3 is 65.8 Å². The number of nitrogens with zero attached hydrogens (tertiary/aromatic N) is 5. The molecule has 1 saturated heterocycles. The number of amides is 2. The molecule has 0 bridgehead atoms. The lowest BCUT2D eigenvalue weighted by molar-refractivity contribution is -0.137. The number of imidazole rings is 1. The predicted octanol–water partition coefficient (Wildman–Crippen LogP) is -0.995. The van der Waals surface area contributed by atoms with Gasteiger partial charge in [0.15, 0.2) is 17.7 Å². The van der Waals surface area contributed by atoms with Gasteiger partial charge in [0.1, 0.15) is 42.0 Å². The molecule has 5 rings (SSSR count). The van der Waals surface area contributed by atoms with Crippen LogP contribution in [0.3, 0.4) is 0 Å². The van der Waals surface area contributed by atoms with Crippen LogP contribution in [0.1, 0.15) is 56.2 Å². The van der Waals surface area contributed by atoms with Gasteiger partial charge in [-0.15, -0.1) is 0 Å². The quantitative estimate of drug-likeness (QED) is 0.0339. The molecule has 14 N–H and O–H groups in total. The zero-order chi connectivity index (χ0) is 51.3. The highest BCUT2D eigenvalue weighted by Gasteiger charge is 2.51. The molecule has 7 atom stereocenters. The van der Waals surface area contributed by atoms with Crippen LogP contribution in [-0.2, 0) is 72.9 Å². The number of nitrogens with one attached hydrogen (secondary N) is 3. The summed E-state index contributed by atoms with van der Waals surface area (Å²) in [5.41, 5.74) is 3.94. The van der Waals surface area contributed by atoms with Crippen molar-refractivity contribution in [3.8, 4) is 5.75 Å². The number of aliphatic hydroxyl groups excluding tert-OH is 2. The summed E-state index contributed by atoms with van der Waals surface area (Å²) in [4.78, 5) is 111. The maximum absolute atomic E-state index is 13.0. The maximum Gasteiger partial charge on any atom is 0.481 e.